The summed E-state index contributed by atoms with van der Waals surface area (Å²) < 4.78 is 6.11. The van der Waals surface area contributed by atoms with Crippen LogP contribution in [0.3, 0.4) is 0 Å². The Hall–Kier alpha value is -0.680. The highest BCUT2D eigenvalue weighted by Crippen LogP contribution is 2.25. The minimum Gasteiger partial charge on any atom is -0.462 e. The van der Waals surface area contributed by atoms with Crippen LogP contribution in [-0.2, 0) is 4.74 Å². The minimum absolute atomic E-state index is 0.259. The van der Waals surface area contributed by atoms with Crippen LogP contribution in [0.2, 0.25) is 0 Å². The number of halogens is 2. The second-order valence-electron chi connectivity index (χ2n) is 2.69. The fourth-order valence-corrected chi connectivity index (χ4v) is 2.53. The Morgan fingerprint density at radius 3 is 2.67 bits per heavy atom. The zero-order valence-corrected chi connectivity index (χ0v) is 11.1. The summed E-state index contributed by atoms with van der Waals surface area (Å²) in [6.45, 7) is 1.99. The van der Waals surface area contributed by atoms with Crippen LogP contribution in [0.4, 0.5) is 0 Å². The van der Waals surface area contributed by atoms with Crippen LogP contribution in [0.25, 0.3) is 0 Å². The van der Waals surface area contributed by atoms with E-state index in [-0.39, 0.29) is 12.2 Å². The lowest BCUT2D eigenvalue weighted by Crippen LogP contribution is -2.09. The Morgan fingerprint density at radius 2 is 2.13 bits per heavy atom. The van der Waals surface area contributed by atoms with Gasteiger partial charge in [-0.15, -0.1) is 0 Å². The molecule has 5 heteroatoms. The van der Waals surface area contributed by atoms with E-state index in [2.05, 4.69) is 31.9 Å². The van der Waals surface area contributed by atoms with E-state index in [9.17, 15) is 9.59 Å². The van der Waals surface area contributed by atoms with E-state index >= 15 is 0 Å². The third kappa shape index (κ3) is 2.89. The average molecular weight is 336 g/mol. The Bertz CT molecular complexity index is 402. The number of aldehydes is 1. The molecule has 0 aromatic heterocycles. The van der Waals surface area contributed by atoms with Gasteiger partial charge >= 0.3 is 5.97 Å². The van der Waals surface area contributed by atoms with E-state index in [1.165, 1.54) is 0 Å². The molecule has 0 aliphatic carbocycles. The van der Waals surface area contributed by atoms with Crippen LogP contribution < -0.4 is 0 Å². The Labute approximate surface area is 104 Å². The number of hydrogen-bond acceptors (Lipinski definition) is 3. The van der Waals surface area contributed by atoms with Crippen LogP contribution in [0.5, 0.6) is 0 Å². The summed E-state index contributed by atoms with van der Waals surface area (Å²) >= 11 is 6.45. The first kappa shape index (κ1) is 12.4. The summed E-state index contributed by atoms with van der Waals surface area (Å²) in [6, 6.07) is 3.27. The first-order valence-corrected chi connectivity index (χ1v) is 5.80. The molecule has 0 aliphatic heterocycles. The molecular formula is C10H8Br2O3. The molecule has 0 aliphatic rings. The van der Waals surface area contributed by atoms with E-state index in [1.807, 2.05) is 0 Å². The SMILES string of the molecule is CCOC(=O)c1c(Br)cc(Br)cc1C=O. The highest BCUT2D eigenvalue weighted by molar-refractivity contribution is 9.11. The molecule has 1 aromatic carbocycles. The Morgan fingerprint density at radius 1 is 1.47 bits per heavy atom. The molecule has 3 nitrogen and oxygen atoms in total. The normalized spacial score (nSPS) is 9.80. The van der Waals surface area contributed by atoms with Crippen LogP contribution >= 0.6 is 31.9 Å². The van der Waals surface area contributed by atoms with Gasteiger partial charge in [-0.05, 0) is 35.0 Å². The standard InChI is InChI=1S/C10H8Br2O3/c1-2-15-10(14)9-6(5-13)3-7(11)4-8(9)12/h3-5H,2H2,1H3. The van der Waals surface area contributed by atoms with E-state index in [1.54, 1.807) is 19.1 Å². The van der Waals surface area contributed by atoms with Crippen molar-refractivity contribution in [3.05, 3.63) is 32.2 Å². The number of hydrogen-bond donors (Lipinski definition) is 0. The highest BCUT2D eigenvalue weighted by atomic mass is 79.9. The third-order valence-corrected chi connectivity index (χ3v) is 2.78. The van der Waals surface area contributed by atoms with Crippen molar-refractivity contribution < 1.29 is 14.3 Å². The molecule has 1 rings (SSSR count). The molecule has 0 unspecified atom stereocenters. The lowest BCUT2D eigenvalue weighted by Gasteiger charge is -2.07. The fraction of sp³-hybridized carbons (Fsp3) is 0.200. The van der Waals surface area contributed by atoms with Crippen LogP contribution in [0.1, 0.15) is 27.6 Å². The van der Waals surface area contributed by atoms with Gasteiger partial charge in [0.25, 0.3) is 0 Å². The van der Waals surface area contributed by atoms with Crippen molar-refractivity contribution in [2.45, 2.75) is 6.92 Å². The van der Waals surface area contributed by atoms with E-state index in [0.717, 1.165) is 4.47 Å². The second-order valence-corrected chi connectivity index (χ2v) is 4.46. The van der Waals surface area contributed by atoms with Gasteiger partial charge in [0, 0.05) is 14.5 Å². The third-order valence-electron chi connectivity index (χ3n) is 1.69. The fourth-order valence-electron chi connectivity index (χ4n) is 1.11. The van der Waals surface area contributed by atoms with E-state index in [4.69, 9.17) is 4.74 Å². The van der Waals surface area contributed by atoms with Crippen molar-refractivity contribution in [1.82, 2.24) is 0 Å². The molecule has 0 saturated heterocycles. The van der Waals surface area contributed by atoms with Crippen molar-refractivity contribution in [2.75, 3.05) is 6.61 Å². The molecule has 0 bridgehead atoms. The van der Waals surface area contributed by atoms with Gasteiger partial charge in [-0.2, -0.15) is 0 Å². The van der Waals surface area contributed by atoms with Crippen LogP contribution in [0, 0.1) is 0 Å². The topological polar surface area (TPSA) is 43.4 Å². The number of esters is 1. The van der Waals surface area contributed by atoms with Gasteiger partial charge in [-0.1, -0.05) is 15.9 Å². The number of carbonyl (C=O) groups is 2. The molecule has 0 amide bonds. The van der Waals surface area contributed by atoms with Crippen molar-refractivity contribution in [1.29, 1.82) is 0 Å². The predicted molar refractivity (Wildman–Crippen MR) is 63.2 cm³/mol. The van der Waals surface area contributed by atoms with Crippen molar-refractivity contribution >= 4 is 44.1 Å². The first-order chi connectivity index (χ1) is 7.10. The number of rotatable bonds is 3. The van der Waals surface area contributed by atoms with Gasteiger partial charge in [0.2, 0.25) is 0 Å². The van der Waals surface area contributed by atoms with Gasteiger partial charge in [-0.25, -0.2) is 4.79 Å². The maximum absolute atomic E-state index is 11.5. The van der Waals surface area contributed by atoms with Crippen molar-refractivity contribution in [3.63, 3.8) is 0 Å². The second kappa shape index (κ2) is 5.42. The van der Waals surface area contributed by atoms with E-state index < -0.39 is 5.97 Å². The Kier molecular flexibility index (Phi) is 4.47. The lowest BCUT2D eigenvalue weighted by atomic mass is 10.1. The summed E-state index contributed by atoms with van der Waals surface area (Å²) in [7, 11) is 0. The number of carbonyl (C=O) groups excluding carboxylic acids is 2. The van der Waals surface area contributed by atoms with Gasteiger partial charge in [-0.3, -0.25) is 4.79 Å². The maximum atomic E-state index is 11.5. The monoisotopic (exact) mass is 334 g/mol. The zero-order chi connectivity index (χ0) is 11.4. The zero-order valence-electron chi connectivity index (χ0n) is 7.92. The molecule has 0 spiro atoms. The van der Waals surface area contributed by atoms with Crippen molar-refractivity contribution in [2.24, 2.45) is 0 Å². The molecule has 0 atom stereocenters. The summed E-state index contributed by atoms with van der Waals surface area (Å²) in [6.07, 6.45) is 0.627. The summed E-state index contributed by atoms with van der Waals surface area (Å²) in [5.41, 5.74) is 0.560. The maximum Gasteiger partial charge on any atom is 0.340 e. The van der Waals surface area contributed by atoms with Crippen LogP contribution in [-0.4, -0.2) is 18.9 Å². The van der Waals surface area contributed by atoms with Gasteiger partial charge in [0.1, 0.15) is 0 Å². The molecule has 0 radical (unpaired) electrons. The summed E-state index contributed by atoms with van der Waals surface area (Å²) in [5.74, 6) is -0.501. The highest BCUT2D eigenvalue weighted by Gasteiger charge is 2.16. The van der Waals surface area contributed by atoms with E-state index in [0.29, 0.717) is 16.3 Å². The minimum atomic E-state index is -0.501. The average Bonchev–Trinajstić information content (AvgIpc) is 2.16. The largest absolute Gasteiger partial charge is 0.462 e. The molecular weight excluding hydrogens is 328 g/mol. The Balaban J connectivity index is 3.26. The molecule has 0 heterocycles. The first-order valence-electron chi connectivity index (χ1n) is 4.21. The molecule has 15 heavy (non-hydrogen) atoms. The van der Waals surface area contributed by atoms with Crippen molar-refractivity contribution in [3.8, 4) is 0 Å². The van der Waals surface area contributed by atoms with Crippen LogP contribution in [0.15, 0.2) is 21.1 Å². The smallest absolute Gasteiger partial charge is 0.340 e. The molecule has 0 N–H and O–H groups in total. The van der Waals surface area contributed by atoms with Gasteiger partial charge < -0.3 is 4.74 Å². The predicted octanol–water partition coefficient (Wildman–Crippen LogP) is 3.20. The quantitative estimate of drug-likeness (QED) is 0.629. The summed E-state index contributed by atoms with van der Waals surface area (Å²) in [4.78, 5) is 22.3. The molecule has 80 valence electrons. The molecule has 0 fully saturated rings. The molecule has 0 saturated carbocycles. The number of benzene rings is 1. The number of ether oxygens (including phenoxy) is 1. The molecule has 1 aromatic rings. The lowest BCUT2D eigenvalue weighted by molar-refractivity contribution is 0.0523. The van der Waals surface area contributed by atoms with Gasteiger partial charge in [0.05, 0.1) is 12.2 Å². The summed E-state index contributed by atoms with van der Waals surface area (Å²) in [5, 5.41) is 0. The van der Waals surface area contributed by atoms with Gasteiger partial charge in [0.15, 0.2) is 6.29 Å².